The van der Waals surface area contributed by atoms with E-state index in [1.807, 2.05) is 0 Å². The lowest BCUT2D eigenvalue weighted by molar-refractivity contribution is -0.137. The van der Waals surface area contributed by atoms with Gasteiger partial charge in [-0.2, -0.15) is 0 Å². The van der Waals surface area contributed by atoms with E-state index in [2.05, 4.69) is 15.6 Å². The van der Waals surface area contributed by atoms with Crippen LogP contribution in [0.2, 0.25) is 0 Å². The fraction of sp³-hybridized carbons (Fsp3) is 0.643. The highest BCUT2D eigenvalue weighted by Gasteiger charge is 2.24. The van der Waals surface area contributed by atoms with Gasteiger partial charge in [-0.05, 0) is 26.2 Å². The van der Waals surface area contributed by atoms with Crippen molar-refractivity contribution in [1.29, 1.82) is 0 Å². The number of hydrogen-bond acceptors (Lipinski definition) is 6. The van der Waals surface area contributed by atoms with Gasteiger partial charge < -0.3 is 37.7 Å². The third kappa shape index (κ3) is 10.7. The van der Waals surface area contributed by atoms with Crippen molar-refractivity contribution < 1.29 is 24.3 Å². The molecule has 11 nitrogen and oxygen atoms in total. The van der Waals surface area contributed by atoms with Crippen LogP contribution in [0.4, 0.5) is 0 Å². The summed E-state index contributed by atoms with van der Waals surface area (Å²) < 4.78 is 0. The summed E-state index contributed by atoms with van der Waals surface area (Å²) in [5.74, 6) is -2.31. The fourth-order valence-corrected chi connectivity index (χ4v) is 1.81. The molecule has 25 heavy (non-hydrogen) atoms. The number of rotatable bonds is 12. The van der Waals surface area contributed by atoms with Gasteiger partial charge in [0.15, 0.2) is 5.96 Å². The zero-order valence-corrected chi connectivity index (χ0v) is 14.1. The summed E-state index contributed by atoms with van der Waals surface area (Å²) in [6.45, 7) is 1.72. The molecule has 2 amide bonds. The predicted molar refractivity (Wildman–Crippen MR) is 90.4 cm³/mol. The smallest absolute Gasteiger partial charge is 0.303 e. The summed E-state index contributed by atoms with van der Waals surface area (Å²) in [6, 6.07) is -2.72. The summed E-state index contributed by atoms with van der Waals surface area (Å²) >= 11 is 0. The van der Waals surface area contributed by atoms with Crippen molar-refractivity contribution in [2.24, 2.45) is 22.2 Å². The Morgan fingerprint density at radius 1 is 1.16 bits per heavy atom. The number of amides is 2. The van der Waals surface area contributed by atoms with E-state index in [9.17, 15) is 19.2 Å². The lowest BCUT2D eigenvalue weighted by atomic mass is 10.1. The third-order valence-corrected chi connectivity index (χ3v) is 3.15. The first kappa shape index (κ1) is 22.3. The topological polar surface area (TPSA) is 203 Å². The molecular formula is C14H26N6O5. The monoisotopic (exact) mass is 358 g/mol. The first-order valence-electron chi connectivity index (χ1n) is 7.76. The quantitative estimate of drug-likeness (QED) is 0.0943. The number of aliphatic carboxylic acids is 1. The van der Waals surface area contributed by atoms with Gasteiger partial charge in [-0.25, -0.2) is 0 Å². The van der Waals surface area contributed by atoms with Crippen molar-refractivity contribution in [3.05, 3.63) is 0 Å². The molecule has 0 radical (unpaired) electrons. The summed E-state index contributed by atoms with van der Waals surface area (Å²) in [4.78, 5) is 49.3. The zero-order chi connectivity index (χ0) is 19.4. The number of nitrogens with one attached hydrogen (secondary N) is 2. The molecule has 0 rings (SSSR count). The third-order valence-electron chi connectivity index (χ3n) is 3.15. The second-order valence-corrected chi connectivity index (χ2v) is 5.48. The van der Waals surface area contributed by atoms with Crippen LogP contribution in [0.3, 0.4) is 0 Å². The van der Waals surface area contributed by atoms with Gasteiger partial charge in [0.1, 0.15) is 12.3 Å². The summed E-state index contributed by atoms with van der Waals surface area (Å²) in [7, 11) is 0. The van der Waals surface area contributed by atoms with E-state index in [1.165, 1.54) is 6.92 Å². The van der Waals surface area contributed by atoms with E-state index in [0.29, 0.717) is 12.7 Å². The maximum absolute atomic E-state index is 12.3. The number of hydrogen-bond donors (Lipinski definition) is 6. The van der Waals surface area contributed by atoms with Crippen molar-refractivity contribution in [2.45, 2.75) is 50.7 Å². The molecule has 11 heteroatoms. The Labute approximate surface area is 145 Å². The summed E-state index contributed by atoms with van der Waals surface area (Å²) in [5, 5.41) is 13.5. The first-order chi connectivity index (χ1) is 11.7. The standard InChI is InChI=1S/C14H26N6O5/c1-8(15)12(24)20-10(3-2-6-18-14(16)17)13(25)19-9(7-21)4-5-11(22)23/h7-10H,2-6,15H2,1H3,(H,19,25)(H,20,24)(H,22,23)(H4,16,17,18)/t8-,9+,10+/m0/s1. The van der Waals surface area contributed by atoms with Crippen molar-refractivity contribution in [3.8, 4) is 0 Å². The fourth-order valence-electron chi connectivity index (χ4n) is 1.81. The van der Waals surface area contributed by atoms with Crippen LogP contribution in [0.25, 0.3) is 0 Å². The molecule has 0 aliphatic heterocycles. The van der Waals surface area contributed by atoms with Gasteiger partial charge in [0.2, 0.25) is 11.8 Å². The Hall–Kier alpha value is -2.69. The minimum Gasteiger partial charge on any atom is -0.481 e. The largest absolute Gasteiger partial charge is 0.481 e. The lowest BCUT2D eigenvalue weighted by Crippen LogP contribution is -2.53. The normalized spacial score (nSPS) is 13.8. The molecule has 0 fully saturated rings. The molecule has 9 N–H and O–H groups in total. The van der Waals surface area contributed by atoms with Gasteiger partial charge in [-0.15, -0.1) is 0 Å². The Morgan fingerprint density at radius 3 is 2.28 bits per heavy atom. The lowest BCUT2D eigenvalue weighted by Gasteiger charge is -2.21. The molecule has 0 spiro atoms. The van der Waals surface area contributed by atoms with Crippen LogP contribution < -0.4 is 27.8 Å². The molecule has 0 aliphatic rings. The van der Waals surface area contributed by atoms with Gasteiger partial charge in [0.25, 0.3) is 0 Å². The molecule has 0 unspecified atom stereocenters. The Balaban J connectivity index is 4.81. The van der Waals surface area contributed by atoms with Crippen LogP contribution in [0.5, 0.6) is 0 Å². The number of nitrogens with zero attached hydrogens (tertiary/aromatic N) is 1. The van der Waals surface area contributed by atoms with E-state index in [4.69, 9.17) is 22.3 Å². The highest BCUT2D eigenvalue weighted by Crippen LogP contribution is 2.02. The van der Waals surface area contributed by atoms with Gasteiger partial charge >= 0.3 is 5.97 Å². The second-order valence-electron chi connectivity index (χ2n) is 5.48. The van der Waals surface area contributed by atoms with Crippen LogP contribution in [-0.2, 0) is 19.2 Å². The first-order valence-corrected chi connectivity index (χ1v) is 7.76. The van der Waals surface area contributed by atoms with E-state index in [-0.39, 0.29) is 31.8 Å². The Morgan fingerprint density at radius 2 is 1.80 bits per heavy atom. The number of carbonyl (C=O) groups is 4. The number of nitrogens with two attached hydrogens (primary N) is 3. The van der Waals surface area contributed by atoms with Crippen molar-refractivity contribution in [2.75, 3.05) is 6.54 Å². The number of aldehydes is 1. The number of carboxylic acid groups (broad SMARTS) is 1. The van der Waals surface area contributed by atoms with Crippen LogP contribution in [0, 0.1) is 0 Å². The maximum atomic E-state index is 12.3. The van der Waals surface area contributed by atoms with Gasteiger partial charge in [0.05, 0.1) is 12.1 Å². The molecule has 0 bridgehead atoms. The van der Waals surface area contributed by atoms with Crippen LogP contribution in [-0.4, -0.2) is 59.8 Å². The Bertz CT molecular complexity index is 504. The molecule has 0 aromatic carbocycles. The molecule has 0 aromatic rings. The molecule has 0 saturated carbocycles. The maximum Gasteiger partial charge on any atom is 0.303 e. The Kier molecular flexibility index (Phi) is 10.5. The second kappa shape index (κ2) is 11.8. The predicted octanol–water partition coefficient (Wildman–Crippen LogP) is -2.58. The zero-order valence-electron chi connectivity index (χ0n) is 14.1. The van der Waals surface area contributed by atoms with Crippen molar-refractivity contribution in [1.82, 2.24) is 10.6 Å². The number of aliphatic imine (C=N–C) groups is 1. The molecule has 0 aromatic heterocycles. The number of carboxylic acids is 1. The average molecular weight is 358 g/mol. The summed E-state index contributed by atoms with van der Waals surface area (Å²) in [5.41, 5.74) is 15.9. The highest BCUT2D eigenvalue weighted by atomic mass is 16.4. The van der Waals surface area contributed by atoms with Crippen LogP contribution in [0.1, 0.15) is 32.6 Å². The number of guanidine groups is 1. The van der Waals surface area contributed by atoms with E-state index >= 15 is 0 Å². The SMILES string of the molecule is C[C@H](N)C(=O)N[C@H](CCCN=C(N)N)C(=O)N[C@@H](C=O)CCC(=O)O. The minimum absolute atomic E-state index is 0.0491. The van der Waals surface area contributed by atoms with Crippen molar-refractivity contribution in [3.63, 3.8) is 0 Å². The molecular weight excluding hydrogens is 332 g/mol. The van der Waals surface area contributed by atoms with Gasteiger partial charge in [-0.1, -0.05) is 0 Å². The van der Waals surface area contributed by atoms with E-state index in [0.717, 1.165) is 0 Å². The molecule has 0 heterocycles. The molecule has 142 valence electrons. The van der Waals surface area contributed by atoms with Gasteiger partial charge in [-0.3, -0.25) is 19.4 Å². The van der Waals surface area contributed by atoms with E-state index in [1.54, 1.807) is 0 Å². The summed E-state index contributed by atoms with van der Waals surface area (Å²) in [6.07, 6.45) is 0.740. The highest BCUT2D eigenvalue weighted by molar-refractivity contribution is 5.90. The van der Waals surface area contributed by atoms with Crippen LogP contribution >= 0.6 is 0 Å². The molecule has 0 aliphatic carbocycles. The molecule has 3 atom stereocenters. The van der Waals surface area contributed by atoms with Crippen molar-refractivity contribution >= 4 is 30.0 Å². The van der Waals surface area contributed by atoms with E-state index < -0.39 is 35.9 Å². The molecule has 0 saturated heterocycles. The minimum atomic E-state index is -1.08. The average Bonchev–Trinajstić information content (AvgIpc) is 2.53. The van der Waals surface area contributed by atoms with Crippen LogP contribution in [0.15, 0.2) is 4.99 Å². The van der Waals surface area contributed by atoms with Gasteiger partial charge in [0, 0.05) is 13.0 Å². The number of carbonyl (C=O) groups excluding carboxylic acids is 3.